The fraction of sp³-hybridized carbons (Fsp3) is 0.381. The van der Waals surface area contributed by atoms with E-state index < -0.39 is 0 Å². The summed E-state index contributed by atoms with van der Waals surface area (Å²) < 4.78 is 6.18. The van der Waals surface area contributed by atoms with E-state index in [9.17, 15) is 4.79 Å². The highest BCUT2D eigenvalue weighted by Crippen LogP contribution is 2.24. The number of nitrogens with zero attached hydrogens (tertiary/aromatic N) is 1. The zero-order valence-electron chi connectivity index (χ0n) is 15.0. The highest BCUT2D eigenvalue weighted by molar-refractivity contribution is 5.94. The van der Waals surface area contributed by atoms with Gasteiger partial charge in [-0.05, 0) is 48.7 Å². The number of amides is 1. The number of rotatable bonds is 4. The summed E-state index contributed by atoms with van der Waals surface area (Å²) in [7, 11) is 0. The van der Waals surface area contributed by atoms with Crippen LogP contribution >= 0.6 is 0 Å². The van der Waals surface area contributed by atoms with E-state index in [0.29, 0.717) is 6.54 Å². The molecule has 2 aromatic carbocycles. The molecule has 1 aliphatic rings. The normalized spacial score (nSPS) is 15.2. The van der Waals surface area contributed by atoms with Gasteiger partial charge < -0.3 is 15.4 Å². The Balaban J connectivity index is 1.57. The van der Waals surface area contributed by atoms with E-state index in [0.717, 1.165) is 48.4 Å². The number of benzene rings is 2. The number of aryl methyl sites for hydroxylation is 2. The SMILES string of the molecule is Cc1ccc(C)c(OC2CCN(C(=O)c3ccc(CN)cc3)CC2)c1. The molecule has 2 aromatic rings. The minimum Gasteiger partial charge on any atom is -0.490 e. The Bertz CT molecular complexity index is 732. The van der Waals surface area contributed by atoms with Crippen molar-refractivity contribution >= 4 is 5.91 Å². The van der Waals surface area contributed by atoms with Gasteiger partial charge in [-0.1, -0.05) is 24.3 Å². The van der Waals surface area contributed by atoms with E-state index in [1.165, 1.54) is 5.56 Å². The van der Waals surface area contributed by atoms with Gasteiger partial charge in [0.05, 0.1) is 0 Å². The van der Waals surface area contributed by atoms with Crippen molar-refractivity contribution < 1.29 is 9.53 Å². The van der Waals surface area contributed by atoms with Gasteiger partial charge in [-0.15, -0.1) is 0 Å². The molecule has 0 spiro atoms. The minimum atomic E-state index is 0.0914. The highest BCUT2D eigenvalue weighted by Gasteiger charge is 2.25. The molecule has 1 amide bonds. The topological polar surface area (TPSA) is 55.6 Å². The summed E-state index contributed by atoms with van der Waals surface area (Å²) in [5, 5.41) is 0. The largest absolute Gasteiger partial charge is 0.490 e. The average Bonchev–Trinajstić information content (AvgIpc) is 2.65. The average molecular weight is 338 g/mol. The molecule has 0 aliphatic carbocycles. The van der Waals surface area contributed by atoms with Gasteiger partial charge in [0.15, 0.2) is 0 Å². The molecule has 4 heteroatoms. The van der Waals surface area contributed by atoms with Gasteiger partial charge in [0, 0.05) is 38.0 Å². The van der Waals surface area contributed by atoms with Gasteiger partial charge in [0.2, 0.25) is 0 Å². The van der Waals surface area contributed by atoms with E-state index >= 15 is 0 Å². The molecule has 1 saturated heterocycles. The van der Waals surface area contributed by atoms with E-state index in [4.69, 9.17) is 10.5 Å². The van der Waals surface area contributed by atoms with Crippen molar-refractivity contribution in [2.45, 2.75) is 39.3 Å². The Morgan fingerprint density at radius 3 is 2.44 bits per heavy atom. The van der Waals surface area contributed by atoms with Crippen molar-refractivity contribution in [2.75, 3.05) is 13.1 Å². The molecule has 0 aromatic heterocycles. The maximum absolute atomic E-state index is 12.6. The second-order valence-electron chi connectivity index (χ2n) is 6.78. The maximum atomic E-state index is 12.6. The predicted molar refractivity (Wildman–Crippen MR) is 99.8 cm³/mol. The van der Waals surface area contributed by atoms with Crippen LogP contribution in [0.1, 0.15) is 39.9 Å². The number of carbonyl (C=O) groups is 1. The highest BCUT2D eigenvalue weighted by atomic mass is 16.5. The molecule has 0 bridgehead atoms. The molecular weight excluding hydrogens is 312 g/mol. The smallest absolute Gasteiger partial charge is 0.253 e. The van der Waals surface area contributed by atoms with Gasteiger partial charge in [0.1, 0.15) is 11.9 Å². The molecule has 4 nitrogen and oxygen atoms in total. The van der Waals surface area contributed by atoms with Crippen LogP contribution in [0.3, 0.4) is 0 Å². The summed E-state index contributed by atoms with van der Waals surface area (Å²) in [6.07, 6.45) is 1.89. The zero-order chi connectivity index (χ0) is 17.8. The first-order valence-corrected chi connectivity index (χ1v) is 8.89. The number of hydrogen-bond donors (Lipinski definition) is 1. The van der Waals surface area contributed by atoms with E-state index in [1.54, 1.807) is 0 Å². The summed E-state index contributed by atoms with van der Waals surface area (Å²) in [5.74, 6) is 1.05. The van der Waals surface area contributed by atoms with Crippen molar-refractivity contribution in [3.05, 3.63) is 64.7 Å². The molecule has 0 radical (unpaired) electrons. The molecule has 0 saturated carbocycles. The van der Waals surface area contributed by atoms with Crippen LogP contribution in [-0.2, 0) is 6.54 Å². The van der Waals surface area contributed by atoms with E-state index in [2.05, 4.69) is 32.0 Å². The van der Waals surface area contributed by atoms with Gasteiger partial charge in [0.25, 0.3) is 5.91 Å². The fourth-order valence-corrected chi connectivity index (χ4v) is 3.16. The third-order valence-electron chi connectivity index (χ3n) is 4.80. The standard InChI is InChI=1S/C21H26N2O2/c1-15-3-4-16(2)20(13-15)25-19-9-11-23(12-10-19)21(24)18-7-5-17(14-22)6-8-18/h3-8,13,19H,9-12,14,22H2,1-2H3. The first kappa shape index (κ1) is 17.5. The molecule has 1 fully saturated rings. The number of piperidine rings is 1. The molecule has 25 heavy (non-hydrogen) atoms. The quantitative estimate of drug-likeness (QED) is 0.929. The van der Waals surface area contributed by atoms with E-state index in [-0.39, 0.29) is 12.0 Å². The van der Waals surface area contributed by atoms with Gasteiger partial charge in [-0.25, -0.2) is 0 Å². The Kier molecular flexibility index (Phi) is 5.39. The molecule has 132 valence electrons. The molecule has 3 rings (SSSR count). The lowest BCUT2D eigenvalue weighted by atomic mass is 10.0. The second-order valence-corrected chi connectivity index (χ2v) is 6.78. The summed E-state index contributed by atoms with van der Waals surface area (Å²) in [4.78, 5) is 14.5. The molecule has 0 atom stereocenters. The molecular formula is C21H26N2O2. The summed E-state index contributed by atoms with van der Waals surface area (Å²) in [6.45, 7) is 6.09. The summed E-state index contributed by atoms with van der Waals surface area (Å²) in [6, 6.07) is 13.8. The lowest BCUT2D eigenvalue weighted by Gasteiger charge is -2.32. The number of nitrogens with two attached hydrogens (primary N) is 1. The van der Waals surface area contributed by atoms with Crippen LogP contribution in [0.25, 0.3) is 0 Å². The van der Waals surface area contributed by atoms with Gasteiger partial charge in [-0.3, -0.25) is 4.79 Å². The van der Waals surface area contributed by atoms with Crippen LogP contribution in [0.4, 0.5) is 0 Å². The predicted octanol–water partition coefficient (Wildman–Crippen LogP) is 3.45. The van der Waals surface area contributed by atoms with E-state index in [1.807, 2.05) is 29.2 Å². The lowest BCUT2D eigenvalue weighted by molar-refractivity contribution is 0.0594. The third-order valence-corrected chi connectivity index (χ3v) is 4.80. The molecule has 1 aliphatic heterocycles. The third kappa shape index (κ3) is 4.20. The zero-order valence-corrected chi connectivity index (χ0v) is 15.0. The Hall–Kier alpha value is -2.33. The number of carbonyl (C=O) groups excluding carboxylic acids is 1. The van der Waals surface area contributed by atoms with Crippen LogP contribution in [0.15, 0.2) is 42.5 Å². The Morgan fingerprint density at radius 1 is 1.12 bits per heavy atom. The van der Waals surface area contributed by atoms with Crippen molar-refractivity contribution in [1.29, 1.82) is 0 Å². The molecule has 0 unspecified atom stereocenters. The van der Waals surface area contributed by atoms with Crippen LogP contribution in [0.5, 0.6) is 5.75 Å². The molecule has 1 heterocycles. The van der Waals surface area contributed by atoms with Crippen molar-refractivity contribution in [2.24, 2.45) is 5.73 Å². The van der Waals surface area contributed by atoms with Crippen LogP contribution in [0.2, 0.25) is 0 Å². The van der Waals surface area contributed by atoms with Crippen molar-refractivity contribution in [1.82, 2.24) is 4.90 Å². The van der Waals surface area contributed by atoms with Crippen LogP contribution < -0.4 is 10.5 Å². The number of hydrogen-bond acceptors (Lipinski definition) is 3. The summed E-state index contributed by atoms with van der Waals surface area (Å²) in [5.41, 5.74) is 9.73. The Morgan fingerprint density at radius 2 is 1.80 bits per heavy atom. The van der Waals surface area contributed by atoms with Gasteiger partial charge in [-0.2, -0.15) is 0 Å². The first-order chi connectivity index (χ1) is 12.1. The summed E-state index contributed by atoms with van der Waals surface area (Å²) >= 11 is 0. The monoisotopic (exact) mass is 338 g/mol. The minimum absolute atomic E-state index is 0.0914. The van der Waals surface area contributed by atoms with Crippen molar-refractivity contribution in [3.63, 3.8) is 0 Å². The lowest BCUT2D eigenvalue weighted by Crippen LogP contribution is -2.41. The second kappa shape index (κ2) is 7.70. The Labute approximate surface area is 149 Å². The number of ether oxygens (including phenoxy) is 1. The molecule has 2 N–H and O–H groups in total. The van der Waals surface area contributed by atoms with Crippen LogP contribution in [0, 0.1) is 13.8 Å². The number of likely N-dealkylation sites (tertiary alicyclic amines) is 1. The first-order valence-electron chi connectivity index (χ1n) is 8.89. The van der Waals surface area contributed by atoms with Crippen molar-refractivity contribution in [3.8, 4) is 5.75 Å². The fourth-order valence-electron chi connectivity index (χ4n) is 3.16. The maximum Gasteiger partial charge on any atom is 0.253 e. The van der Waals surface area contributed by atoms with Crippen LogP contribution in [-0.4, -0.2) is 30.0 Å². The van der Waals surface area contributed by atoms with Gasteiger partial charge >= 0.3 is 0 Å².